The van der Waals surface area contributed by atoms with Crippen LogP contribution in [0.4, 0.5) is 8.78 Å². The zero-order valence-electron chi connectivity index (χ0n) is 18.1. The van der Waals surface area contributed by atoms with Crippen LogP contribution in [0.5, 0.6) is 5.75 Å². The maximum Gasteiger partial charge on any atom is 0.267 e. The molecule has 1 saturated carbocycles. The fourth-order valence-electron chi connectivity index (χ4n) is 4.11. The number of halogens is 3. The largest absolute Gasteiger partial charge is 0.489 e. The number of amides is 1. The van der Waals surface area contributed by atoms with Crippen molar-refractivity contribution in [3.8, 4) is 5.75 Å². The van der Waals surface area contributed by atoms with E-state index < -0.39 is 21.7 Å². The van der Waals surface area contributed by atoms with E-state index in [4.69, 9.17) is 16.3 Å². The number of likely N-dealkylation sites (tertiary alicyclic amines) is 1. The number of carbonyl (C=O) groups excluding carboxylic acids is 1. The van der Waals surface area contributed by atoms with Gasteiger partial charge < -0.3 is 4.74 Å². The van der Waals surface area contributed by atoms with Crippen LogP contribution in [-0.4, -0.2) is 44.7 Å². The predicted octanol–water partition coefficient (Wildman–Crippen LogP) is 4.23. The molecule has 1 N–H and O–H groups in total. The summed E-state index contributed by atoms with van der Waals surface area (Å²) < 4.78 is 58.8. The maximum atomic E-state index is 14.7. The van der Waals surface area contributed by atoms with Gasteiger partial charge in [0.1, 0.15) is 23.5 Å². The Morgan fingerprint density at radius 1 is 1.21 bits per heavy atom. The molecule has 1 aliphatic heterocycles. The summed E-state index contributed by atoms with van der Waals surface area (Å²) in [5.74, 6) is -1.67. The predicted molar refractivity (Wildman–Crippen MR) is 121 cm³/mol. The second-order valence-electron chi connectivity index (χ2n) is 8.70. The number of hydrogen-bond donors (Lipinski definition) is 1. The van der Waals surface area contributed by atoms with Crippen LogP contribution < -0.4 is 9.46 Å². The first-order chi connectivity index (χ1) is 15.6. The van der Waals surface area contributed by atoms with Crippen molar-refractivity contribution in [2.75, 3.05) is 19.3 Å². The van der Waals surface area contributed by atoms with E-state index in [2.05, 4.69) is 4.90 Å². The van der Waals surface area contributed by atoms with Gasteiger partial charge in [-0.05, 0) is 67.5 Å². The summed E-state index contributed by atoms with van der Waals surface area (Å²) in [4.78, 5) is 14.4. The zero-order valence-corrected chi connectivity index (χ0v) is 19.7. The number of rotatable bonds is 7. The minimum Gasteiger partial charge on any atom is -0.489 e. The van der Waals surface area contributed by atoms with Crippen LogP contribution in [-0.2, 0) is 16.6 Å². The van der Waals surface area contributed by atoms with Crippen molar-refractivity contribution in [1.29, 1.82) is 0 Å². The lowest BCUT2D eigenvalue weighted by molar-refractivity contribution is 0.0832. The van der Waals surface area contributed by atoms with Gasteiger partial charge in [-0.3, -0.25) is 9.69 Å². The third kappa shape index (κ3) is 6.22. The van der Waals surface area contributed by atoms with Gasteiger partial charge in [0.25, 0.3) is 5.91 Å². The highest BCUT2D eigenvalue weighted by atomic mass is 35.5. The molecule has 0 radical (unpaired) electrons. The maximum absolute atomic E-state index is 14.7. The Bertz CT molecular complexity index is 1170. The minimum atomic E-state index is -3.81. The number of piperidine rings is 1. The quantitative estimate of drug-likeness (QED) is 0.618. The molecule has 0 bridgehead atoms. The van der Waals surface area contributed by atoms with Crippen molar-refractivity contribution in [3.63, 3.8) is 0 Å². The molecule has 1 atom stereocenters. The molecule has 0 aromatic heterocycles. The van der Waals surface area contributed by atoms with E-state index in [9.17, 15) is 22.0 Å². The number of ether oxygens (including phenoxy) is 1. The van der Waals surface area contributed by atoms with Crippen molar-refractivity contribution >= 4 is 27.5 Å². The van der Waals surface area contributed by atoms with E-state index in [0.29, 0.717) is 29.4 Å². The Balaban J connectivity index is 1.49. The van der Waals surface area contributed by atoms with Crippen molar-refractivity contribution in [3.05, 3.63) is 63.7 Å². The lowest BCUT2D eigenvalue weighted by Crippen LogP contribution is -2.40. The Labute approximate surface area is 196 Å². The van der Waals surface area contributed by atoms with Crippen LogP contribution in [0, 0.1) is 11.6 Å². The summed E-state index contributed by atoms with van der Waals surface area (Å²) in [6, 6.07) is 6.93. The van der Waals surface area contributed by atoms with E-state index in [1.807, 2.05) is 4.72 Å². The molecule has 2 aromatic rings. The summed E-state index contributed by atoms with van der Waals surface area (Å²) in [7, 11) is -3.81. The third-order valence-electron chi connectivity index (χ3n) is 5.80. The standard InChI is InChI=1S/C23H25ClF2N2O4S/c1-33(30,31)27-23(29)19-10-18(14-4-5-14)22(11-21(19)26)32-17-3-2-8-28(13-17)12-15-6-7-16(25)9-20(15)24/h6-7,9-11,14,17H,2-5,8,12-13H2,1H3,(H,27,29). The van der Waals surface area contributed by atoms with Crippen LogP contribution in [0.25, 0.3) is 0 Å². The van der Waals surface area contributed by atoms with Crippen LogP contribution in [0.3, 0.4) is 0 Å². The molecule has 2 fully saturated rings. The Morgan fingerprint density at radius 2 is 1.97 bits per heavy atom. The third-order valence-corrected chi connectivity index (χ3v) is 6.71. The van der Waals surface area contributed by atoms with Gasteiger partial charge in [-0.1, -0.05) is 17.7 Å². The summed E-state index contributed by atoms with van der Waals surface area (Å²) in [5, 5.41) is 0.374. The molecule has 1 saturated heterocycles. The molecule has 2 aromatic carbocycles. The van der Waals surface area contributed by atoms with Gasteiger partial charge in [-0.25, -0.2) is 21.9 Å². The fraction of sp³-hybridized carbons (Fsp3) is 0.435. The van der Waals surface area contributed by atoms with Crippen LogP contribution >= 0.6 is 11.6 Å². The van der Waals surface area contributed by atoms with Gasteiger partial charge in [0.2, 0.25) is 10.0 Å². The first-order valence-electron chi connectivity index (χ1n) is 10.8. The number of benzene rings is 2. The lowest BCUT2D eigenvalue weighted by atomic mass is 10.0. The van der Waals surface area contributed by atoms with E-state index in [0.717, 1.165) is 44.0 Å². The second-order valence-corrected chi connectivity index (χ2v) is 10.9. The SMILES string of the molecule is CS(=O)(=O)NC(=O)c1cc(C2CC2)c(OC2CCCN(Cc3ccc(F)cc3Cl)C2)cc1F. The smallest absolute Gasteiger partial charge is 0.267 e. The fourth-order valence-corrected chi connectivity index (χ4v) is 4.78. The molecular formula is C23H25ClF2N2O4S. The number of nitrogens with one attached hydrogen (secondary N) is 1. The topological polar surface area (TPSA) is 75.7 Å². The van der Waals surface area contributed by atoms with Crippen molar-refractivity contribution in [2.45, 2.75) is 44.2 Å². The highest BCUT2D eigenvalue weighted by Gasteiger charge is 2.31. The van der Waals surface area contributed by atoms with Gasteiger partial charge >= 0.3 is 0 Å². The molecule has 33 heavy (non-hydrogen) atoms. The van der Waals surface area contributed by atoms with E-state index in [-0.39, 0.29) is 23.4 Å². The summed E-state index contributed by atoms with van der Waals surface area (Å²) in [5.41, 5.74) is 1.23. The van der Waals surface area contributed by atoms with E-state index in [1.54, 1.807) is 6.07 Å². The summed E-state index contributed by atoms with van der Waals surface area (Å²) >= 11 is 6.17. The van der Waals surface area contributed by atoms with Crippen molar-refractivity contribution in [2.24, 2.45) is 0 Å². The molecule has 1 unspecified atom stereocenters. The molecule has 1 amide bonds. The number of hydrogen-bond acceptors (Lipinski definition) is 5. The molecule has 6 nitrogen and oxygen atoms in total. The molecule has 1 heterocycles. The first-order valence-corrected chi connectivity index (χ1v) is 13.0. The number of carbonyl (C=O) groups is 1. The minimum absolute atomic E-state index is 0.156. The Hall–Kier alpha value is -2.23. The molecule has 178 valence electrons. The molecule has 1 aliphatic carbocycles. The van der Waals surface area contributed by atoms with Crippen molar-refractivity contribution < 1.29 is 26.7 Å². The summed E-state index contributed by atoms with van der Waals surface area (Å²) in [6.45, 7) is 1.98. The van der Waals surface area contributed by atoms with Gasteiger partial charge in [-0.2, -0.15) is 0 Å². The van der Waals surface area contributed by atoms with Crippen molar-refractivity contribution in [1.82, 2.24) is 9.62 Å². The highest BCUT2D eigenvalue weighted by molar-refractivity contribution is 7.89. The molecule has 2 aliphatic rings. The number of nitrogens with zero attached hydrogens (tertiary/aromatic N) is 1. The Kier molecular flexibility index (Phi) is 6.93. The van der Waals surface area contributed by atoms with Gasteiger partial charge in [0.05, 0.1) is 11.8 Å². The Morgan fingerprint density at radius 3 is 2.64 bits per heavy atom. The molecule has 0 spiro atoms. The van der Waals surface area contributed by atoms with E-state index in [1.165, 1.54) is 24.3 Å². The van der Waals surface area contributed by atoms with Crippen LogP contribution in [0.1, 0.15) is 53.1 Å². The summed E-state index contributed by atoms with van der Waals surface area (Å²) in [6.07, 6.45) is 4.11. The number of sulfonamides is 1. The second kappa shape index (κ2) is 9.56. The molecule has 10 heteroatoms. The molecule has 4 rings (SSSR count). The average Bonchev–Trinajstić information content (AvgIpc) is 3.54. The average molecular weight is 499 g/mol. The monoisotopic (exact) mass is 498 g/mol. The normalized spacial score (nSPS) is 19.3. The first kappa shape index (κ1) is 23.9. The van der Waals surface area contributed by atoms with Crippen LogP contribution in [0.15, 0.2) is 30.3 Å². The lowest BCUT2D eigenvalue weighted by Gasteiger charge is -2.33. The molecular weight excluding hydrogens is 474 g/mol. The highest BCUT2D eigenvalue weighted by Crippen LogP contribution is 2.45. The van der Waals surface area contributed by atoms with Crippen LogP contribution in [0.2, 0.25) is 5.02 Å². The van der Waals surface area contributed by atoms with E-state index >= 15 is 0 Å². The van der Waals surface area contributed by atoms with Gasteiger partial charge in [-0.15, -0.1) is 0 Å². The zero-order chi connectivity index (χ0) is 23.8. The van der Waals surface area contributed by atoms with Gasteiger partial charge in [0, 0.05) is 24.2 Å². The van der Waals surface area contributed by atoms with Gasteiger partial charge in [0.15, 0.2) is 0 Å².